The summed E-state index contributed by atoms with van der Waals surface area (Å²) in [5.74, 6) is 1.02. The van der Waals surface area contributed by atoms with E-state index < -0.39 is 16.1 Å². The van der Waals surface area contributed by atoms with Gasteiger partial charge in [-0.15, -0.1) is 0 Å². The average Bonchev–Trinajstić information content (AvgIpc) is 2.71. The van der Waals surface area contributed by atoms with E-state index in [4.69, 9.17) is 9.47 Å². The van der Waals surface area contributed by atoms with Crippen molar-refractivity contribution in [3.63, 3.8) is 0 Å². The number of benzene rings is 2. The van der Waals surface area contributed by atoms with Gasteiger partial charge in [-0.05, 0) is 68.7 Å². The number of carbonyl (C=O) groups excluding carboxylic acids is 1. The molecule has 2 aromatic rings. The summed E-state index contributed by atoms with van der Waals surface area (Å²) in [7, 11) is -2.09. The Labute approximate surface area is 185 Å². The molecule has 0 aromatic heterocycles. The fourth-order valence-corrected chi connectivity index (χ4v) is 4.53. The molecule has 2 aromatic carbocycles. The highest BCUT2D eigenvalue weighted by atomic mass is 32.2. The maximum absolute atomic E-state index is 13.0. The van der Waals surface area contributed by atoms with Gasteiger partial charge in [0.05, 0.1) is 25.1 Å². The van der Waals surface area contributed by atoms with Gasteiger partial charge in [-0.25, -0.2) is 8.42 Å². The molecule has 0 bridgehead atoms. The molecule has 1 N–H and O–H groups in total. The van der Waals surface area contributed by atoms with Gasteiger partial charge in [-0.1, -0.05) is 19.1 Å². The Morgan fingerprint density at radius 2 is 1.71 bits per heavy atom. The van der Waals surface area contributed by atoms with Crippen LogP contribution in [-0.4, -0.2) is 46.4 Å². The lowest BCUT2D eigenvalue weighted by Gasteiger charge is -2.32. The smallest absolute Gasteiger partial charge is 0.244 e. The first-order chi connectivity index (χ1) is 14.6. The zero-order chi connectivity index (χ0) is 23.2. The molecule has 0 heterocycles. The van der Waals surface area contributed by atoms with Gasteiger partial charge in [0, 0.05) is 0 Å². The Balaban J connectivity index is 2.14. The predicted octanol–water partition coefficient (Wildman–Crippen LogP) is 3.44. The van der Waals surface area contributed by atoms with E-state index in [1.807, 2.05) is 32.9 Å². The number of anilines is 1. The van der Waals surface area contributed by atoms with Crippen molar-refractivity contribution in [3.8, 4) is 11.5 Å². The number of amides is 1. The molecule has 2 rings (SSSR count). The summed E-state index contributed by atoms with van der Waals surface area (Å²) < 4.78 is 37.4. The molecule has 31 heavy (non-hydrogen) atoms. The molecule has 0 saturated carbocycles. The molecule has 0 aliphatic rings. The van der Waals surface area contributed by atoms with Crippen LogP contribution in [0.15, 0.2) is 42.5 Å². The van der Waals surface area contributed by atoms with E-state index in [-0.39, 0.29) is 18.6 Å². The molecule has 2 atom stereocenters. The van der Waals surface area contributed by atoms with Gasteiger partial charge < -0.3 is 14.8 Å². The summed E-state index contributed by atoms with van der Waals surface area (Å²) in [5, 5.41) is 2.89. The Morgan fingerprint density at radius 3 is 2.26 bits per heavy atom. The van der Waals surface area contributed by atoms with Crippen LogP contribution in [0.3, 0.4) is 0 Å². The van der Waals surface area contributed by atoms with Crippen LogP contribution in [0.2, 0.25) is 0 Å². The number of sulfonamides is 1. The van der Waals surface area contributed by atoms with Crippen molar-refractivity contribution in [1.82, 2.24) is 5.32 Å². The molecule has 0 spiro atoms. The van der Waals surface area contributed by atoms with Crippen molar-refractivity contribution in [2.75, 3.05) is 24.3 Å². The molecule has 7 nitrogen and oxygen atoms in total. The van der Waals surface area contributed by atoms with Gasteiger partial charge in [0.15, 0.2) is 0 Å². The summed E-state index contributed by atoms with van der Waals surface area (Å²) in [5.41, 5.74) is 2.23. The lowest BCUT2D eigenvalue weighted by atomic mass is 10.1. The number of hydrogen-bond acceptors (Lipinski definition) is 5. The van der Waals surface area contributed by atoms with E-state index in [2.05, 4.69) is 5.32 Å². The van der Waals surface area contributed by atoms with Crippen molar-refractivity contribution in [2.45, 2.75) is 46.2 Å². The summed E-state index contributed by atoms with van der Waals surface area (Å²) >= 11 is 0. The Bertz CT molecular complexity index is 990. The average molecular weight is 449 g/mol. The molecule has 0 unspecified atom stereocenters. The Kier molecular flexibility index (Phi) is 8.33. The van der Waals surface area contributed by atoms with Crippen molar-refractivity contribution < 1.29 is 22.7 Å². The highest BCUT2D eigenvalue weighted by Crippen LogP contribution is 2.27. The third kappa shape index (κ3) is 6.62. The molecule has 0 saturated heterocycles. The Hall–Kier alpha value is -2.74. The molecule has 0 aliphatic carbocycles. The lowest BCUT2D eigenvalue weighted by molar-refractivity contribution is -0.123. The fourth-order valence-electron chi connectivity index (χ4n) is 3.27. The van der Waals surface area contributed by atoms with E-state index in [1.54, 1.807) is 44.4 Å². The van der Waals surface area contributed by atoms with Gasteiger partial charge >= 0.3 is 0 Å². The second kappa shape index (κ2) is 10.5. The first-order valence-corrected chi connectivity index (χ1v) is 12.1. The quantitative estimate of drug-likeness (QED) is 0.602. The van der Waals surface area contributed by atoms with Crippen LogP contribution < -0.4 is 19.1 Å². The summed E-state index contributed by atoms with van der Waals surface area (Å²) in [6.07, 6.45) is 1.46. The number of nitrogens with zero attached hydrogens (tertiary/aromatic N) is 1. The highest BCUT2D eigenvalue weighted by molar-refractivity contribution is 7.92. The van der Waals surface area contributed by atoms with Crippen molar-refractivity contribution >= 4 is 21.6 Å². The maximum atomic E-state index is 13.0. The molecular weight excluding hydrogens is 416 g/mol. The standard InChI is InChI=1S/C23H32N2O5S/c1-7-21(25(31(6,27)28)22-14-16(2)8-9-17(22)3)23(26)24-18(4)15-30-20-12-10-19(29-5)11-13-20/h8-14,18,21H,7,15H2,1-6H3,(H,24,26)/t18-,21-/m0/s1. The normalized spacial score (nSPS) is 13.2. The van der Waals surface area contributed by atoms with E-state index in [9.17, 15) is 13.2 Å². The van der Waals surface area contributed by atoms with Crippen LogP contribution in [0.5, 0.6) is 11.5 Å². The second-order valence-electron chi connectivity index (χ2n) is 7.67. The number of hydrogen-bond donors (Lipinski definition) is 1. The van der Waals surface area contributed by atoms with E-state index >= 15 is 0 Å². The maximum Gasteiger partial charge on any atom is 0.244 e. The summed E-state index contributed by atoms with van der Waals surface area (Å²) in [6, 6.07) is 11.5. The van der Waals surface area contributed by atoms with Gasteiger partial charge in [0.1, 0.15) is 24.1 Å². The predicted molar refractivity (Wildman–Crippen MR) is 123 cm³/mol. The number of rotatable bonds is 10. The van der Waals surface area contributed by atoms with Crippen LogP contribution in [0.4, 0.5) is 5.69 Å². The number of nitrogens with one attached hydrogen (secondary N) is 1. The van der Waals surface area contributed by atoms with Gasteiger partial charge in [0.25, 0.3) is 0 Å². The van der Waals surface area contributed by atoms with E-state index in [1.165, 1.54) is 4.31 Å². The first kappa shape index (κ1) is 24.5. The SMILES string of the molecule is CC[C@@H](C(=O)N[C@@H](C)COc1ccc(OC)cc1)N(c1cc(C)ccc1C)S(C)(=O)=O. The Morgan fingerprint density at radius 1 is 1.10 bits per heavy atom. The van der Waals surface area contributed by atoms with Crippen LogP contribution in [0, 0.1) is 13.8 Å². The van der Waals surface area contributed by atoms with Crippen LogP contribution >= 0.6 is 0 Å². The fraction of sp³-hybridized carbons (Fsp3) is 0.435. The topological polar surface area (TPSA) is 84.9 Å². The highest BCUT2D eigenvalue weighted by Gasteiger charge is 2.33. The summed E-state index contributed by atoms with van der Waals surface area (Å²) in [4.78, 5) is 13.0. The zero-order valence-corrected chi connectivity index (χ0v) is 19.8. The minimum absolute atomic E-state index is 0.247. The van der Waals surface area contributed by atoms with Crippen molar-refractivity contribution in [2.24, 2.45) is 0 Å². The van der Waals surface area contributed by atoms with Gasteiger partial charge in [0.2, 0.25) is 15.9 Å². The van der Waals surface area contributed by atoms with E-state index in [0.717, 1.165) is 23.1 Å². The zero-order valence-electron chi connectivity index (χ0n) is 19.0. The largest absolute Gasteiger partial charge is 0.497 e. The lowest BCUT2D eigenvalue weighted by Crippen LogP contribution is -2.52. The minimum Gasteiger partial charge on any atom is -0.497 e. The van der Waals surface area contributed by atoms with Crippen molar-refractivity contribution in [3.05, 3.63) is 53.6 Å². The summed E-state index contributed by atoms with van der Waals surface area (Å²) in [6.45, 7) is 7.59. The molecule has 0 aliphatic heterocycles. The van der Waals surface area contributed by atoms with E-state index in [0.29, 0.717) is 17.9 Å². The third-order valence-electron chi connectivity index (χ3n) is 4.88. The second-order valence-corrected chi connectivity index (χ2v) is 9.53. The molecule has 0 fully saturated rings. The van der Waals surface area contributed by atoms with Crippen molar-refractivity contribution in [1.29, 1.82) is 0 Å². The molecule has 1 amide bonds. The third-order valence-corrected chi connectivity index (χ3v) is 6.05. The number of methoxy groups -OCH3 is 1. The van der Waals surface area contributed by atoms with Crippen LogP contribution in [0.25, 0.3) is 0 Å². The van der Waals surface area contributed by atoms with Crippen LogP contribution in [-0.2, 0) is 14.8 Å². The number of aryl methyl sites for hydroxylation is 2. The van der Waals surface area contributed by atoms with Gasteiger partial charge in [-0.2, -0.15) is 0 Å². The molecule has 0 radical (unpaired) electrons. The minimum atomic E-state index is -3.68. The molecule has 8 heteroatoms. The molecular formula is C23H32N2O5S. The van der Waals surface area contributed by atoms with Crippen LogP contribution in [0.1, 0.15) is 31.4 Å². The molecule has 170 valence electrons. The van der Waals surface area contributed by atoms with Gasteiger partial charge in [-0.3, -0.25) is 9.10 Å². The first-order valence-electron chi connectivity index (χ1n) is 10.2. The number of ether oxygens (including phenoxy) is 2. The monoisotopic (exact) mass is 448 g/mol. The number of carbonyl (C=O) groups is 1.